The van der Waals surface area contributed by atoms with Crippen molar-refractivity contribution in [3.05, 3.63) is 135 Å². The molecule has 1 aromatic heterocycles. The van der Waals surface area contributed by atoms with Gasteiger partial charge in [0.25, 0.3) is 11.5 Å². The molecule has 0 aliphatic carbocycles. The number of carbonyl (C=O) groups is 1. The number of fused-ring (bicyclic) bond motifs is 1. The summed E-state index contributed by atoms with van der Waals surface area (Å²) in [5.74, 6) is 0.190. The first-order valence-corrected chi connectivity index (χ1v) is 12.2. The highest BCUT2D eigenvalue weighted by atomic mass is 16.3. The number of carbonyl (C=O) groups excluding carboxylic acids is 1. The summed E-state index contributed by atoms with van der Waals surface area (Å²) in [4.78, 5) is 33.6. The first-order valence-electron chi connectivity index (χ1n) is 12.2. The first-order chi connectivity index (χ1) is 17.4. The fraction of sp³-hybridized carbons (Fsp3) is 0.233. The molecule has 1 atom stereocenters. The average Bonchev–Trinajstić information content (AvgIpc) is 2.91. The lowest BCUT2D eigenvalue weighted by molar-refractivity contribution is -0.151. The summed E-state index contributed by atoms with van der Waals surface area (Å²) in [5, 5.41) is 11.1. The molecule has 1 amide bonds. The van der Waals surface area contributed by atoms with Crippen LogP contribution >= 0.6 is 0 Å². The highest BCUT2D eigenvalue weighted by molar-refractivity contribution is 5.86. The molecule has 5 rings (SSSR count). The van der Waals surface area contributed by atoms with Crippen LogP contribution in [-0.4, -0.2) is 32.0 Å². The van der Waals surface area contributed by atoms with E-state index in [0.29, 0.717) is 35.6 Å². The lowest BCUT2D eigenvalue weighted by Crippen LogP contribution is -2.48. The lowest BCUT2D eigenvalue weighted by Gasteiger charge is -2.34. The molecule has 1 aliphatic heterocycles. The Morgan fingerprint density at radius 2 is 1.44 bits per heavy atom. The Hall–Kier alpha value is -4.03. The molecule has 1 aliphatic rings. The number of benzene rings is 3. The van der Waals surface area contributed by atoms with E-state index in [4.69, 9.17) is 4.98 Å². The van der Waals surface area contributed by atoms with Gasteiger partial charge < -0.3 is 10.0 Å². The third kappa shape index (κ3) is 4.25. The molecular weight excluding hydrogens is 450 g/mol. The van der Waals surface area contributed by atoms with Crippen LogP contribution in [0.25, 0.3) is 0 Å². The van der Waals surface area contributed by atoms with Crippen molar-refractivity contribution in [1.82, 2.24) is 14.5 Å². The molecule has 1 N–H and O–H groups in total. The van der Waals surface area contributed by atoms with Crippen molar-refractivity contribution in [3.8, 4) is 0 Å². The van der Waals surface area contributed by atoms with Crippen LogP contribution < -0.4 is 5.56 Å². The maximum absolute atomic E-state index is 13.9. The van der Waals surface area contributed by atoms with Crippen molar-refractivity contribution in [2.75, 3.05) is 6.54 Å². The maximum Gasteiger partial charge on any atom is 0.259 e. The number of hydrogen-bond donors (Lipinski definition) is 1. The molecule has 2 heterocycles. The minimum atomic E-state index is -1.66. The van der Waals surface area contributed by atoms with Crippen LogP contribution in [-0.2, 0) is 23.4 Å². The predicted octanol–water partition coefficient (Wildman–Crippen LogP) is 3.98. The van der Waals surface area contributed by atoms with Crippen LogP contribution in [0.15, 0.2) is 95.8 Å². The van der Waals surface area contributed by atoms with E-state index in [9.17, 15) is 14.7 Å². The predicted molar refractivity (Wildman–Crippen MR) is 138 cm³/mol. The molecule has 0 fully saturated rings. The maximum atomic E-state index is 13.9. The lowest BCUT2D eigenvalue weighted by atomic mass is 9.93. The van der Waals surface area contributed by atoms with Crippen LogP contribution in [0.4, 0.5) is 0 Å². The molecule has 0 saturated carbocycles. The summed E-state index contributed by atoms with van der Waals surface area (Å²) in [6.07, 6.45) is 0.383. The molecule has 0 radical (unpaired) electrons. The van der Waals surface area contributed by atoms with E-state index in [1.807, 2.05) is 73.7 Å². The van der Waals surface area contributed by atoms with Gasteiger partial charge in [-0.2, -0.15) is 0 Å². The van der Waals surface area contributed by atoms with Gasteiger partial charge in [-0.25, -0.2) is 4.98 Å². The Kier molecular flexibility index (Phi) is 6.29. The average molecular weight is 480 g/mol. The van der Waals surface area contributed by atoms with Crippen LogP contribution in [0.2, 0.25) is 0 Å². The van der Waals surface area contributed by atoms with Gasteiger partial charge in [0.2, 0.25) is 0 Å². The summed E-state index contributed by atoms with van der Waals surface area (Å²) in [6, 6.07) is 28.5. The van der Waals surface area contributed by atoms with Crippen molar-refractivity contribution in [2.45, 2.75) is 38.5 Å². The number of nitrogens with zero attached hydrogens (tertiary/aromatic N) is 3. The topological polar surface area (TPSA) is 75.4 Å². The Bertz CT molecular complexity index is 1390. The number of aromatic nitrogens is 2. The molecule has 0 spiro atoms. The van der Waals surface area contributed by atoms with E-state index >= 15 is 0 Å². The second-order valence-electron chi connectivity index (χ2n) is 9.40. The van der Waals surface area contributed by atoms with Crippen LogP contribution in [0, 0.1) is 6.92 Å². The zero-order valence-corrected chi connectivity index (χ0v) is 20.5. The van der Waals surface area contributed by atoms with Crippen LogP contribution in [0.5, 0.6) is 0 Å². The number of rotatable bonds is 5. The molecule has 0 unspecified atom stereocenters. The molecule has 4 aromatic rings. The van der Waals surface area contributed by atoms with Crippen molar-refractivity contribution < 1.29 is 9.90 Å². The third-order valence-electron chi connectivity index (χ3n) is 6.97. The summed E-state index contributed by atoms with van der Waals surface area (Å²) in [6.45, 7) is 3.88. The third-order valence-corrected chi connectivity index (χ3v) is 6.97. The van der Waals surface area contributed by atoms with E-state index in [-0.39, 0.29) is 18.1 Å². The SMILES string of the molecule is Cc1nc2c(c(=O)n1C(c1ccccc1)c1ccccc1)CCN(C(=O)[C@](C)(O)c1ccccc1)C2. The van der Waals surface area contributed by atoms with Gasteiger partial charge in [0.1, 0.15) is 5.82 Å². The standard InChI is InChI=1S/C30H29N3O3/c1-21-31-26-20-32(29(35)30(2,36)24-16-10-5-11-17-24)19-18-25(26)28(34)33(21)27(22-12-6-3-7-13-22)23-14-8-4-9-15-23/h3-17,27,36H,18-20H2,1-2H3/t30-/m1/s1. The number of amides is 1. The Labute approximate surface area is 210 Å². The fourth-order valence-electron chi connectivity index (χ4n) is 5.05. The monoisotopic (exact) mass is 479 g/mol. The normalized spacial score (nSPS) is 14.8. The first kappa shape index (κ1) is 23.7. The van der Waals surface area contributed by atoms with Gasteiger partial charge in [-0.1, -0.05) is 91.0 Å². The second kappa shape index (κ2) is 9.55. The highest BCUT2D eigenvalue weighted by Crippen LogP contribution is 2.29. The van der Waals surface area contributed by atoms with Crippen molar-refractivity contribution in [2.24, 2.45) is 0 Å². The minimum Gasteiger partial charge on any atom is -0.376 e. The molecular formula is C30H29N3O3. The van der Waals surface area contributed by atoms with Crippen molar-refractivity contribution in [1.29, 1.82) is 0 Å². The zero-order valence-electron chi connectivity index (χ0n) is 20.5. The van der Waals surface area contributed by atoms with Gasteiger partial charge in [-0.3, -0.25) is 14.2 Å². The number of hydrogen-bond acceptors (Lipinski definition) is 4. The van der Waals surface area contributed by atoms with Crippen molar-refractivity contribution in [3.63, 3.8) is 0 Å². The molecule has 6 heteroatoms. The molecule has 36 heavy (non-hydrogen) atoms. The number of aliphatic hydroxyl groups is 1. The summed E-state index contributed by atoms with van der Waals surface area (Å²) in [5.41, 5.74) is 2.02. The minimum absolute atomic E-state index is 0.0860. The van der Waals surface area contributed by atoms with E-state index in [1.165, 1.54) is 6.92 Å². The van der Waals surface area contributed by atoms with Crippen molar-refractivity contribution >= 4 is 5.91 Å². The van der Waals surface area contributed by atoms with Gasteiger partial charge in [0.15, 0.2) is 5.60 Å². The summed E-state index contributed by atoms with van der Waals surface area (Å²) >= 11 is 0. The Morgan fingerprint density at radius 1 is 0.917 bits per heavy atom. The molecule has 6 nitrogen and oxygen atoms in total. The molecule has 182 valence electrons. The van der Waals surface area contributed by atoms with Gasteiger partial charge in [0, 0.05) is 12.1 Å². The van der Waals surface area contributed by atoms with Gasteiger partial charge >= 0.3 is 0 Å². The van der Waals surface area contributed by atoms with E-state index in [1.54, 1.807) is 33.7 Å². The van der Waals surface area contributed by atoms with Gasteiger partial charge in [0.05, 0.1) is 18.3 Å². The van der Waals surface area contributed by atoms with Gasteiger partial charge in [-0.15, -0.1) is 0 Å². The zero-order chi connectivity index (χ0) is 25.3. The largest absolute Gasteiger partial charge is 0.376 e. The van der Waals surface area contributed by atoms with E-state index in [2.05, 4.69) is 0 Å². The molecule has 0 saturated heterocycles. The Balaban J connectivity index is 1.52. The number of aryl methyl sites for hydroxylation is 1. The molecule has 0 bridgehead atoms. The summed E-state index contributed by atoms with van der Waals surface area (Å²) < 4.78 is 1.76. The second-order valence-corrected chi connectivity index (χ2v) is 9.40. The molecule has 3 aromatic carbocycles. The quantitative estimate of drug-likeness (QED) is 0.470. The van der Waals surface area contributed by atoms with E-state index < -0.39 is 11.5 Å². The van der Waals surface area contributed by atoms with Gasteiger partial charge in [-0.05, 0) is 37.0 Å². The smallest absolute Gasteiger partial charge is 0.259 e. The summed E-state index contributed by atoms with van der Waals surface area (Å²) in [7, 11) is 0. The Morgan fingerprint density at radius 3 is 2.00 bits per heavy atom. The highest BCUT2D eigenvalue weighted by Gasteiger charge is 2.38. The fourth-order valence-corrected chi connectivity index (χ4v) is 5.05. The van der Waals surface area contributed by atoms with Crippen LogP contribution in [0.3, 0.4) is 0 Å². The van der Waals surface area contributed by atoms with E-state index in [0.717, 1.165) is 11.1 Å². The van der Waals surface area contributed by atoms with Crippen LogP contribution in [0.1, 0.15) is 46.7 Å².